The molecular weight excluding hydrogens is 306 g/mol. The molecule has 2 rings (SSSR count). The molecule has 0 saturated carbocycles. The highest BCUT2D eigenvalue weighted by Gasteiger charge is 2.17. The van der Waals surface area contributed by atoms with Crippen LogP contribution in [0.4, 0.5) is 20.2 Å². The zero-order valence-corrected chi connectivity index (χ0v) is 11.0. The number of aromatic hydroxyl groups is 1. The quantitative estimate of drug-likeness (QED) is 0.529. The number of nitrogens with zero attached hydrogens (tertiary/aromatic N) is 2. The Bertz CT molecular complexity index is 750. The first-order valence-corrected chi connectivity index (χ1v) is 5.92. The number of halogens is 3. The van der Waals surface area contributed by atoms with Crippen molar-refractivity contribution in [3.05, 3.63) is 62.7 Å². The molecule has 1 N–H and O–H groups in total. The Morgan fingerprint density at radius 1 is 1.29 bits per heavy atom. The monoisotopic (exact) mass is 312 g/mol. The van der Waals surface area contributed by atoms with Crippen LogP contribution in [0.2, 0.25) is 5.02 Å². The van der Waals surface area contributed by atoms with Crippen molar-refractivity contribution in [3.8, 4) is 5.75 Å². The fourth-order valence-corrected chi connectivity index (χ4v) is 1.79. The summed E-state index contributed by atoms with van der Waals surface area (Å²) in [6, 6.07) is 4.85. The number of phenols is 1. The van der Waals surface area contributed by atoms with Crippen molar-refractivity contribution in [2.75, 3.05) is 0 Å². The fraction of sp³-hybridized carbons (Fsp3) is 0. The second-order valence-corrected chi connectivity index (χ2v) is 4.41. The van der Waals surface area contributed by atoms with Gasteiger partial charge in [0.2, 0.25) is 5.75 Å². The first-order valence-electron chi connectivity index (χ1n) is 5.54. The van der Waals surface area contributed by atoms with Gasteiger partial charge < -0.3 is 5.11 Å². The molecule has 0 aliphatic heterocycles. The van der Waals surface area contributed by atoms with Crippen molar-refractivity contribution in [1.82, 2.24) is 0 Å². The maximum Gasteiger partial charge on any atom is 0.312 e. The minimum atomic E-state index is -0.818. The lowest BCUT2D eigenvalue weighted by Crippen LogP contribution is -1.92. The summed E-state index contributed by atoms with van der Waals surface area (Å²) in [6.07, 6.45) is 0.964. The van der Waals surface area contributed by atoms with Crippen LogP contribution in [0.1, 0.15) is 5.56 Å². The number of hydrogen-bond donors (Lipinski definition) is 1. The predicted molar refractivity (Wildman–Crippen MR) is 73.4 cm³/mol. The number of aliphatic imine (C=N–C) groups is 1. The van der Waals surface area contributed by atoms with Crippen LogP contribution in [0.15, 0.2) is 35.3 Å². The van der Waals surface area contributed by atoms with Crippen LogP contribution in [-0.2, 0) is 0 Å². The average Bonchev–Trinajstić information content (AvgIpc) is 2.42. The van der Waals surface area contributed by atoms with Crippen molar-refractivity contribution in [1.29, 1.82) is 0 Å². The highest BCUT2D eigenvalue weighted by atomic mass is 35.5. The van der Waals surface area contributed by atoms with Gasteiger partial charge in [0.15, 0.2) is 0 Å². The van der Waals surface area contributed by atoms with Gasteiger partial charge in [-0.2, -0.15) is 0 Å². The highest BCUT2D eigenvalue weighted by molar-refractivity contribution is 6.31. The number of phenolic OH excluding ortho intramolecular Hbond substituents is 1. The summed E-state index contributed by atoms with van der Waals surface area (Å²) in [6.45, 7) is 0. The van der Waals surface area contributed by atoms with Gasteiger partial charge in [0.25, 0.3) is 0 Å². The Morgan fingerprint density at radius 2 is 2.00 bits per heavy atom. The maximum atomic E-state index is 13.4. The van der Waals surface area contributed by atoms with Gasteiger partial charge in [0.05, 0.1) is 4.92 Å². The summed E-state index contributed by atoms with van der Waals surface area (Å²) in [5.74, 6) is -2.13. The molecule has 21 heavy (non-hydrogen) atoms. The van der Waals surface area contributed by atoms with Crippen molar-refractivity contribution in [2.24, 2.45) is 4.99 Å². The van der Waals surface area contributed by atoms with E-state index >= 15 is 0 Å². The van der Waals surface area contributed by atoms with Crippen LogP contribution < -0.4 is 0 Å². The van der Waals surface area contributed by atoms with E-state index in [1.165, 1.54) is 6.07 Å². The summed E-state index contributed by atoms with van der Waals surface area (Å²) in [5.41, 5.74) is -1.00. The fourth-order valence-electron chi connectivity index (χ4n) is 1.57. The number of nitro groups is 1. The summed E-state index contributed by atoms with van der Waals surface area (Å²) in [7, 11) is 0. The minimum absolute atomic E-state index is 0.000615. The molecular formula is C13H7ClF2N2O3. The van der Waals surface area contributed by atoms with E-state index in [-0.39, 0.29) is 16.3 Å². The lowest BCUT2D eigenvalue weighted by Gasteiger charge is -2.02. The lowest BCUT2D eigenvalue weighted by molar-refractivity contribution is -0.385. The summed E-state index contributed by atoms with van der Waals surface area (Å²) in [4.78, 5) is 13.6. The van der Waals surface area contributed by atoms with Crippen molar-refractivity contribution >= 4 is 29.2 Å². The average molecular weight is 313 g/mol. The molecule has 0 heterocycles. The standard InChI is InChI=1S/C13H7ClF2N2O3/c14-8-3-7(13(19)12(4-8)18(20)21)6-17-11-5-9(15)1-2-10(11)16/h1-6,19H. The van der Waals surface area contributed by atoms with E-state index in [1.807, 2.05) is 0 Å². The minimum Gasteiger partial charge on any atom is -0.502 e. The molecule has 0 aliphatic rings. The number of nitro benzene ring substituents is 1. The Kier molecular flexibility index (Phi) is 4.13. The van der Waals surface area contributed by atoms with E-state index in [0.717, 1.165) is 30.5 Å². The predicted octanol–water partition coefficient (Wildman–Crippen LogP) is 3.98. The second-order valence-electron chi connectivity index (χ2n) is 3.97. The third-order valence-electron chi connectivity index (χ3n) is 2.53. The molecule has 0 spiro atoms. The molecule has 0 aliphatic carbocycles. The van der Waals surface area contributed by atoms with Crippen molar-refractivity contribution < 1.29 is 18.8 Å². The van der Waals surface area contributed by atoms with Crippen LogP contribution in [0.3, 0.4) is 0 Å². The topological polar surface area (TPSA) is 75.7 Å². The largest absolute Gasteiger partial charge is 0.502 e. The van der Waals surface area contributed by atoms with E-state index < -0.39 is 28.0 Å². The summed E-state index contributed by atoms with van der Waals surface area (Å²) >= 11 is 5.69. The van der Waals surface area contributed by atoms with Crippen LogP contribution in [0, 0.1) is 21.7 Å². The van der Waals surface area contributed by atoms with Gasteiger partial charge in [0, 0.05) is 28.9 Å². The molecule has 0 unspecified atom stereocenters. The van der Waals surface area contributed by atoms with Crippen LogP contribution in [0.5, 0.6) is 5.75 Å². The van der Waals surface area contributed by atoms with E-state index in [4.69, 9.17) is 11.6 Å². The van der Waals surface area contributed by atoms with Gasteiger partial charge in [-0.15, -0.1) is 0 Å². The van der Waals surface area contributed by atoms with Gasteiger partial charge in [-0.25, -0.2) is 8.78 Å². The number of benzene rings is 2. The van der Waals surface area contributed by atoms with Gasteiger partial charge in [-0.1, -0.05) is 11.6 Å². The van der Waals surface area contributed by atoms with E-state index in [1.54, 1.807) is 0 Å². The molecule has 2 aromatic carbocycles. The van der Waals surface area contributed by atoms with Crippen LogP contribution in [0.25, 0.3) is 0 Å². The molecule has 0 amide bonds. The smallest absolute Gasteiger partial charge is 0.312 e. The van der Waals surface area contributed by atoms with Gasteiger partial charge in [-0.3, -0.25) is 15.1 Å². The number of hydrogen-bond acceptors (Lipinski definition) is 4. The lowest BCUT2D eigenvalue weighted by atomic mass is 10.2. The third kappa shape index (κ3) is 3.32. The van der Waals surface area contributed by atoms with E-state index in [0.29, 0.717) is 0 Å². The first-order chi connectivity index (χ1) is 9.88. The van der Waals surface area contributed by atoms with Crippen molar-refractivity contribution in [3.63, 3.8) is 0 Å². The van der Waals surface area contributed by atoms with Crippen molar-refractivity contribution in [2.45, 2.75) is 0 Å². The second kappa shape index (κ2) is 5.84. The van der Waals surface area contributed by atoms with Gasteiger partial charge >= 0.3 is 5.69 Å². The van der Waals surface area contributed by atoms with E-state index in [9.17, 15) is 24.0 Å². The molecule has 108 valence electrons. The Balaban J connectivity index is 2.46. The molecule has 2 aromatic rings. The molecule has 0 bridgehead atoms. The zero-order valence-electron chi connectivity index (χ0n) is 10.3. The first kappa shape index (κ1) is 14.9. The zero-order chi connectivity index (χ0) is 15.6. The van der Waals surface area contributed by atoms with Gasteiger partial charge in [-0.05, 0) is 18.2 Å². The molecule has 0 saturated heterocycles. The molecule has 8 heteroatoms. The van der Waals surface area contributed by atoms with Gasteiger partial charge in [0.1, 0.15) is 17.3 Å². The molecule has 0 radical (unpaired) electrons. The van der Waals surface area contributed by atoms with E-state index in [2.05, 4.69) is 4.99 Å². The molecule has 0 atom stereocenters. The summed E-state index contributed by atoms with van der Waals surface area (Å²) < 4.78 is 26.4. The van der Waals surface area contributed by atoms with Crippen LogP contribution in [-0.4, -0.2) is 16.2 Å². The Hall–Kier alpha value is -2.54. The summed E-state index contributed by atoms with van der Waals surface area (Å²) in [5, 5.41) is 20.5. The molecule has 0 aromatic heterocycles. The van der Waals surface area contributed by atoms with Crippen LogP contribution >= 0.6 is 11.6 Å². The molecule has 5 nitrogen and oxygen atoms in total. The Morgan fingerprint density at radius 3 is 2.67 bits per heavy atom. The maximum absolute atomic E-state index is 13.4. The third-order valence-corrected chi connectivity index (χ3v) is 2.75. The normalized spacial score (nSPS) is 11.0. The molecule has 0 fully saturated rings. The highest BCUT2D eigenvalue weighted by Crippen LogP contribution is 2.32. The SMILES string of the molecule is O=[N+]([O-])c1cc(Cl)cc(C=Nc2cc(F)ccc2F)c1O. The Labute approximate surface area is 122 Å². The number of rotatable bonds is 3.